The van der Waals surface area contributed by atoms with E-state index in [-0.39, 0.29) is 5.91 Å². The van der Waals surface area contributed by atoms with Crippen molar-refractivity contribution in [3.05, 3.63) is 34.9 Å². The summed E-state index contributed by atoms with van der Waals surface area (Å²) in [5.74, 6) is 5.76. The molecule has 3 N–H and O–H groups in total. The fourth-order valence-electron chi connectivity index (χ4n) is 1.64. The summed E-state index contributed by atoms with van der Waals surface area (Å²) in [6, 6.07) is 5.58. The highest BCUT2D eigenvalue weighted by atomic mass is 16.1. The van der Waals surface area contributed by atoms with Gasteiger partial charge in [0.15, 0.2) is 0 Å². The number of carbonyl (C=O) groups is 1. The Morgan fingerprint density at radius 1 is 1.44 bits per heavy atom. The van der Waals surface area contributed by atoms with Crippen LogP contribution in [0.3, 0.4) is 0 Å². The molecule has 0 unspecified atom stereocenters. The van der Waals surface area contributed by atoms with Crippen molar-refractivity contribution in [2.75, 3.05) is 13.1 Å². The molecule has 0 aliphatic rings. The average Bonchev–Trinajstić information content (AvgIpc) is 2.37. The zero-order chi connectivity index (χ0) is 13.4. The summed E-state index contributed by atoms with van der Waals surface area (Å²) >= 11 is 0. The van der Waals surface area contributed by atoms with Crippen molar-refractivity contribution in [2.24, 2.45) is 5.73 Å². The zero-order valence-electron chi connectivity index (χ0n) is 11.0. The Balaban J connectivity index is 2.86. The molecule has 3 nitrogen and oxygen atoms in total. The van der Waals surface area contributed by atoms with E-state index < -0.39 is 0 Å². The van der Waals surface area contributed by atoms with E-state index in [2.05, 4.69) is 24.1 Å². The van der Waals surface area contributed by atoms with Crippen molar-refractivity contribution >= 4 is 5.91 Å². The molecule has 18 heavy (non-hydrogen) atoms. The fraction of sp³-hybridized carbons (Fsp3) is 0.400. The molecule has 0 aromatic heterocycles. The van der Waals surface area contributed by atoms with Gasteiger partial charge < -0.3 is 11.1 Å². The third-order valence-electron chi connectivity index (χ3n) is 2.72. The first kappa shape index (κ1) is 14.3. The van der Waals surface area contributed by atoms with E-state index >= 15 is 0 Å². The van der Waals surface area contributed by atoms with Crippen LogP contribution in [0, 0.1) is 18.8 Å². The van der Waals surface area contributed by atoms with Gasteiger partial charge in [0.05, 0.1) is 6.54 Å². The lowest BCUT2D eigenvalue weighted by atomic mass is 10.0. The van der Waals surface area contributed by atoms with Crippen LogP contribution < -0.4 is 11.1 Å². The molecule has 3 heteroatoms. The Bertz CT molecular complexity index is 469. The Labute approximate surface area is 109 Å². The molecule has 1 aromatic rings. The maximum absolute atomic E-state index is 12.0. The van der Waals surface area contributed by atoms with Crippen LogP contribution in [0.25, 0.3) is 0 Å². The first-order chi connectivity index (χ1) is 8.70. The number of benzene rings is 1. The number of nitrogens with one attached hydrogen (secondary N) is 1. The van der Waals surface area contributed by atoms with Gasteiger partial charge in [0.2, 0.25) is 0 Å². The van der Waals surface area contributed by atoms with Crippen LogP contribution in [-0.4, -0.2) is 19.0 Å². The second-order valence-electron chi connectivity index (χ2n) is 4.09. The largest absolute Gasteiger partial charge is 0.352 e. The lowest BCUT2D eigenvalue weighted by Crippen LogP contribution is -2.25. The first-order valence-electron chi connectivity index (χ1n) is 6.27. The summed E-state index contributed by atoms with van der Waals surface area (Å²) in [5, 5.41) is 2.91. The number of unbranched alkanes of at least 4 members (excludes halogenated alkanes) is 1. The van der Waals surface area contributed by atoms with E-state index in [1.165, 1.54) is 0 Å². The van der Waals surface area contributed by atoms with Gasteiger partial charge in [-0.15, -0.1) is 0 Å². The van der Waals surface area contributed by atoms with Gasteiger partial charge in [-0.05, 0) is 31.0 Å². The van der Waals surface area contributed by atoms with Crippen molar-refractivity contribution in [2.45, 2.75) is 26.7 Å². The smallest absolute Gasteiger partial charge is 0.251 e. The number of hydrogen-bond donors (Lipinski definition) is 2. The first-order valence-corrected chi connectivity index (χ1v) is 6.27. The summed E-state index contributed by atoms with van der Waals surface area (Å²) < 4.78 is 0. The maximum atomic E-state index is 12.0. The quantitative estimate of drug-likeness (QED) is 0.627. The predicted octanol–water partition coefficient (Wildman–Crippen LogP) is 1.84. The van der Waals surface area contributed by atoms with Gasteiger partial charge in [-0.2, -0.15) is 0 Å². The van der Waals surface area contributed by atoms with Crippen molar-refractivity contribution in [1.82, 2.24) is 5.32 Å². The van der Waals surface area contributed by atoms with Gasteiger partial charge in [0.25, 0.3) is 5.91 Å². The molecule has 1 aromatic carbocycles. The summed E-state index contributed by atoms with van der Waals surface area (Å²) in [4.78, 5) is 12.0. The normalized spacial score (nSPS) is 9.50. The molecule has 0 bridgehead atoms. The van der Waals surface area contributed by atoms with Crippen LogP contribution in [0.1, 0.15) is 41.3 Å². The number of nitrogens with two attached hydrogens (primary N) is 1. The SMILES string of the molecule is CCCCNC(=O)c1cccc(C#CCN)c1C. The van der Waals surface area contributed by atoms with Crippen LogP contribution in [0.4, 0.5) is 0 Å². The summed E-state index contributed by atoms with van der Waals surface area (Å²) in [6.07, 6.45) is 2.07. The average molecular weight is 244 g/mol. The van der Waals surface area contributed by atoms with Crippen molar-refractivity contribution < 1.29 is 4.79 Å². The molecule has 0 saturated heterocycles. The number of rotatable bonds is 4. The minimum Gasteiger partial charge on any atom is -0.352 e. The van der Waals surface area contributed by atoms with Crippen LogP contribution >= 0.6 is 0 Å². The van der Waals surface area contributed by atoms with E-state index in [0.29, 0.717) is 18.7 Å². The van der Waals surface area contributed by atoms with E-state index in [0.717, 1.165) is 24.0 Å². The molecular weight excluding hydrogens is 224 g/mol. The topological polar surface area (TPSA) is 55.1 Å². The Kier molecular flexibility index (Phi) is 5.96. The van der Waals surface area contributed by atoms with Crippen molar-refractivity contribution in [1.29, 1.82) is 0 Å². The Morgan fingerprint density at radius 2 is 2.22 bits per heavy atom. The molecule has 0 aliphatic heterocycles. The van der Waals surface area contributed by atoms with Gasteiger partial charge in [0, 0.05) is 17.7 Å². The summed E-state index contributed by atoms with van der Waals surface area (Å²) in [6.45, 7) is 5.05. The highest BCUT2D eigenvalue weighted by Gasteiger charge is 2.09. The molecule has 0 atom stereocenters. The predicted molar refractivity (Wildman–Crippen MR) is 74.4 cm³/mol. The molecule has 0 heterocycles. The summed E-state index contributed by atoms with van der Waals surface area (Å²) in [7, 11) is 0. The maximum Gasteiger partial charge on any atom is 0.251 e. The van der Waals surface area contributed by atoms with Crippen LogP contribution in [0.5, 0.6) is 0 Å². The summed E-state index contributed by atoms with van der Waals surface area (Å²) in [5.41, 5.74) is 7.82. The minimum absolute atomic E-state index is 0.0302. The monoisotopic (exact) mass is 244 g/mol. The lowest BCUT2D eigenvalue weighted by molar-refractivity contribution is 0.0952. The van der Waals surface area contributed by atoms with E-state index in [9.17, 15) is 4.79 Å². The highest BCUT2D eigenvalue weighted by Crippen LogP contribution is 2.12. The van der Waals surface area contributed by atoms with Crippen LogP contribution in [-0.2, 0) is 0 Å². The highest BCUT2D eigenvalue weighted by molar-refractivity contribution is 5.96. The lowest BCUT2D eigenvalue weighted by Gasteiger charge is -2.08. The van der Waals surface area contributed by atoms with E-state index in [4.69, 9.17) is 5.73 Å². The van der Waals surface area contributed by atoms with Gasteiger partial charge in [-0.3, -0.25) is 4.79 Å². The number of carbonyl (C=O) groups excluding carboxylic acids is 1. The molecular formula is C15H20N2O. The number of hydrogen-bond acceptors (Lipinski definition) is 2. The van der Waals surface area contributed by atoms with Gasteiger partial charge in [-0.25, -0.2) is 0 Å². The van der Waals surface area contributed by atoms with E-state index in [1.54, 1.807) is 0 Å². The second kappa shape index (κ2) is 7.52. The van der Waals surface area contributed by atoms with Crippen molar-refractivity contribution in [3.63, 3.8) is 0 Å². The molecule has 0 saturated carbocycles. The van der Waals surface area contributed by atoms with Crippen LogP contribution in [0.2, 0.25) is 0 Å². The van der Waals surface area contributed by atoms with Gasteiger partial charge in [0.1, 0.15) is 0 Å². The van der Waals surface area contributed by atoms with Crippen molar-refractivity contribution in [3.8, 4) is 11.8 Å². The second-order valence-corrected chi connectivity index (χ2v) is 4.09. The zero-order valence-corrected chi connectivity index (χ0v) is 11.0. The van der Waals surface area contributed by atoms with Crippen LogP contribution in [0.15, 0.2) is 18.2 Å². The molecule has 1 rings (SSSR count). The molecule has 96 valence electrons. The molecule has 0 radical (unpaired) electrons. The van der Waals surface area contributed by atoms with Gasteiger partial charge >= 0.3 is 0 Å². The third-order valence-corrected chi connectivity index (χ3v) is 2.72. The molecule has 1 amide bonds. The van der Waals surface area contributed by atoms with Gasteiger partial charge in [-0.1, -0.05) is 31.3 Å². The third kappa shape index (κ3) is 3.90. The Hall–Kier alpha value is -1.79. The standard InChI is InChI=1S/C15H20N2O/c1-3-4-11-17-15(18)14-9-5-7-13(12(14)2)8-6-10-16/h5,7,9H,3-4,10-11,16H2,1-2H3,(H,17,18). The molecule has 0 fully saturated rings. The molecule has 0 spiro atoms. The molecule has 0 aliphatic carbocycles. The Morgan fingerprint density at radius 3 is 2.89 bits per heavy atom. The fourth-order valence-corrected chi connectivity index (χ4v) is 1.64. The van der Waals surface area contributed by atoms with E-state index in [1.807, 2.05) is 25.1 Å². The number of amides is 1. The minimum atomic E-state index is -0.0302.